The summed E-state index contributed by atoms with van der Waals surface area (Å²) in [6.45, 7) is 0.509. The molecule has 2 heterocycles. The van der Waals surface area contributed by atoms with E-state index in [1.807, 2.05) is 0 Å². The van der Waals surface area contributed by atoms with E-state index in [9.17, 15) is 14.0 Å². The summed E-state index contributed by atoms with van der Waals surface area (Å²) in [5.41, 5.74) is 0.669. The van der Waals surface area contributed by atoms with Gasteiger partial charge in [-0.25, -0.2) is 9.18 Å². The second-order valence-electron chi connectivity index (χ2n) is 6.67. The molecule has 1 unspecified atom stereocenters. The third-order valence-electron chi connectivity index (χ3n) is 4.63. The number of rotatable bonds is 4. The predicted octanol–water partition coefficient (Wildman–Crippen LogP) is 4.95. The molecule has 1 atom stereocenters. The largest absolute Gasteiger partial charge is 0.322 e. The van der Waals surface area contributed by atoms with Crippen LogP contribution in [0.2, 0.25) is 5.02 Å². The number of para-hydroxylation sites is 1. The molecule has 7 nitrogen and oxygen atoms in total. The van der Waals surface area contributed by atoms with Gasteiger partial charge in [-0.2, -0.15) is 0 Å². The second-order valence-corrected chi connectivity index (χ2v) is 8.12. The third kappa shape index (κ3) is 4.42. The second kappa shape index (κ2) is 8.76. The van der Waals surface area contributed by atoms with E-state index >= 15 is 0 Å². The van der Waals surface area contributed by atoms with Crippen LogP contribution in [0.15, 0.2) is 48.5 Å². The van der Waals surface area contributed by atoms with Gasteiger partial charge in [0.25, 0.3) is 5.91 Å². The van der Waals surface area contributed by atoms with Crippen LogP contribution in [0, 0.1) is 5.82 Å². The van der Waals surface area contributed by atoms with Crippen molar-refractivity contribution >= 4 is 46.3 Å². The maximum absolute atomic E-state index is 13.8. The van der Waals surface area contributed by atoms with E-state index in [0.29, 0.717) is 28.7 Å². The fourth-order valence-corrected chi connectivity index (χ4v) is 4.30. The van der Waals surface area contributed by atoms with Gasteiger partial charge >= 0.3 is 6.03 Å². The number of urea groups is 1. The maximum Gasteiger partial charge on any atom is 0.322 e. The number of likely N-dealkylation sites (tertiary alicyclic amines) is 1. The van der Waals surface area contributed by atoms with Crippen LogP contribution >= 0.6 is 22.9 Å². The fourth-order valence-electron chi connectivity index (χ4n) is 3.23. The smallest absolute Gasteiger partial charge is 0.320 e. The van der Waals surface area contributed by atoms with Gasteiger partial charge in [-0.05, 0) is 43.2 Å². The molecule has 154 valence electrons. The minimum absolute atomic E-state index is 0.118. The Hall–Kier alpha value is -3.04. The average molecular weight is 446 g/mol. The van der Waals surface area contributed by atoms with Crippen molar-refractivity contribution in [3.05, 3.63) is 69.4 Å². The van der Waals surface area contributed by atoms with Gasteiger partial charge in [-0.3, -0.25) is 4.79 Å². The predicted molar refractivity (Wildman–Crippen MR) is 113 cm³/mol. The molecule has 0 bridgehead atoms. The summed E-state index contributed by atoms with van der Waals surface area (Å²) in [5.74, 6) is -0.904. The van der Waals surface area contributed by atoms with Crippen molar-refractivity contribution in [1.82, 2.24) is 15.1 Å². The molecule has 1 aromatic heterocycles. The molecule has 4 rings (SSSR count). The molecular weight excluding hydrogens is 429 g/mol. The molecule has 0 radical (unpaired) electrons. The lowest BCUT2D eigenvalue weighted by atomic mass is 10.2. The van der Waals surface area contributed by atoms with E-state index in [1.165, 1.54) is 12.1 Å². The van der Waals surface area contributed by atoms with E-state index in [-0.39, 0.29) is 16.7 Å². The molecular formula is C20H17ClFN5O2S. The van der Waals surface area contributed by atoms with Crippen LogP contribution < -0.4 is 10.6 Å². The van der Waals surface area contributed by atoms with Crippen LogP contribution in [0.4, 0.5) is 20.6 Å². The standard InChI is InChI=1S/C20H17ClFN5O2S/c21-12-5-3-6-13(11-12)23-17(28)19-26-25-18(30-19)16-9-4-10-27(16)20(29)24-15-8-2-1-7-14(15)22/h1-3,5-8,11,16H,4,9-10H2,(H,23,28)(H,24,29). The zero-order valence-electron chi connectivity index (χ0n) is 15.6. The van der Waals surface area contributed by atoms with Crippen LogP contribution in [-0.4, -0.2) is 33.6 Å². The molecule has 1 aliphatic rings. The van der Waals surface area contributed by atoms with Gasteiger partial charge in [0.2, 0.25) is 5.01 Å². The summed E-state index contributed by atoms with van der Waals surface area (Å²) in [7, 11) is 0. The molecule has 3 aromatic rings. The van der Waals surface area contributed by atoms with Crippen molar-refractivity contribution in [2.75, 3.05) is 17.2 Å². The van der Waals surface area contributed by atoms with Gasteiger partial charge in [-0.15, -0.1) is 10.2 Å². The topological polar surface area (TPSA) is 87.2 Å². The van der Waals surface area contributed by atoms with Gasteiger partial charge in [0.05, 0.1) is 11.7 Å². The Kier molecular flexibility index (Phi) is 5.91. The Morgan fingerprint density at radius 1 is 1.13 bits per heavy atom. The van der Waals surface area contributed by atoms with Crippen LogP contribution in [0.25, 0.3) is 0 Å². The molecule has 30 heavy (non-hydrogen) atoms. The maximum atomic E-state index is 13.8. The number of carbonyl (C=O) groups excluding carboxylic acids is 2. The minimum atomic E-state index is -0.502. The lowest BCUT2D eigenvalue weighted by Gasteiger charge is -2.23. The first-order chi connectivity index (χ1) is 14.5. The van der Waals surface area contributed by atoms with Crippen molar-refractivity contribution in [1.29, 1.82) is 0 Å². The third-order valence-corrected chi connectivity index (χ3v) is 5.89. The Morgan fingerprint density at radius 2 is 1.97 bits per heavy atom. The molecule has 0 spiro atoms. The molecule has 1 saturated heterocycles. The Labute approximate surface area is 180 Å². The summed E-state index contributed by atoms with van der Waals surface area (Å²) >= 11 is 7.06. The van der Waals surface area contributed by atoms with Gasteiger partial charge in [0.15, 0.2) is 0 Å². The van der Waals surface area contributed by atoms with Gasteiger partial charge in [-0.1, -0.05) is 41.1 Å². The quantitative estimate of drug-likeness (QED) is 0.594. The zero-order chi connectivity index (χ0) is 21.1. The van der Waals surface area contributed by atoms with Gasteiger partial charge in [0.1, 0.15) is 10.8 Å². The monoisotopic (exact) mass is 445 g/mol. The fraction of sp³-hybridized carbons (Fsp3) is 0.200. The zero-order valence-corrected chi connectivity index (χ0v) is 17.2. The molecule has 2 N–H and O–H groups in total. The average Bonchev–Trinajstić information content (AvgIpc) is 3.39. The number of carbonyl (C=O) groups is 2. The normalized spacial score (nSPS) is 15.8. The van der Waals surface area contributed by atoms with E-state index in [4.69, 9.17) is 11.6 Å². The lowest BCUT2D eigenvalue weighted by molar-refractivity contribution is 0.102. The molecule has 0 aliphatic carbocycles. The SMILES string of the molecule is O=C(Nc1cccc(Cl)c1)c1nnc(C2CCCN2C(=O)Nc2ccccc2F)s1. The Bertz CT molecular complexity index is 1090. The van der Waals surface area contributed by atoms with E-state index in [0.717, 1.165) is 17.8 Å². The van der Waals surface area contributed by atoms with Crippen LogP contribution in [0.5, 0.6) is 0 Å². The van der Waals surface area contributed by atoms with Crippen molar-refractivity contribution in [3.63, 3.8) is 0 Å². The minimum Gasteiger partial charge on any atom is -0.320 e. The van der Waals surface area contributed by atoms with Crippen LogP contribution in [0.3, 0.4) is 0 Å². The molecule has 1 aliphatic heterocycles. The van der Waals surface area contributed by atoms with Crippen molar-refractivity contribution in [2.24, 2.45) is 0 Å². The van der Waals surface area contributed by atoms with Crippen molar-refractivity contribution in [3.8, 4) is 0 Å². The number of hydrogen-bond acceptors (Lipinski definition) is 5. The van der Waals surface area contributed by atoms with Gasteiger partial charge < -0.3 is 15.5 Å². The molecule has 0 saturated carbocycles. The van der Waals surface area contributed by atoms with Gasteiger partial charge in [0, 0.05) is 17.3 Å². The molecule has 1 fully saturated rings. The number of benzene rings is 2. The van der Waals surface area contributed by atoms with Crippen molar-refractivity contribution < 1.29 is 14.0 Å². The number of aromatic nitrogens is 2. The Balaban J connectivity index is 1.46. The summed E-state index contributed by atoms with van der Waals surface area (Å²) in [6.07, 6.45) is 1.47. The number of nitrogens with one attached hydrogen (secondary N) is 2. The van der Waals surface area contributed by atoms with Crippen LogP contribution in [-0.2, 0) is 0 Å². The first kappa shape index (κ1) is 20.2. The number of halogens is 2. The summed E-state index contributed by atoms with van der Waals surface area (Å²) in [6, 6.07) is 12.1. The summed E-state index contributed by atoms with van der Waals surface area (Å²) < 4.78 is 13.8. The number of anilines is 2. The summed E-state index contributed by atoms with van der Waals surface area (Å²) in [5, 5.41) is 14.7. The highest BCUT2D eigenvalue weighted by Gasteiger charge is 2.33. The Morgan fingerprint density at radius 3 is 2.77 bits per heavy atom. The number of hydrogen-bond donors (Lipinski definition) is 2. The van der Waals surface area contributed by atoms with E-state index in [2.05, 4.69) is 20.8 Å². The molecule has 2 aromatic carbocycles. The highest BCUT2D eigenvalue weighted by Crippen LogP contribution is 2.34. The van der Waals surface area contributed by atoms with Crippen molar-refractivity contribution in [2.45, 2.75) is 18.9 Å². The highest BCUT2D eigenvalue weighted by atomic mass is 35.5. The highest BCUT2D eigenvalue weighted by molar-refractivity contribution is 7.13. The molecule has 10 heteroatoms. The van der Waals surface area contributed by atoms with Crippen LogP contribution in [0.1, 0.15) is 33.7 Å². The number of nitrogens with zero attached hydrogens (tertiary/aromatic N) is 3. The summed E-state index contributed by atoms with van der Waals surface area (Å²) in [4.78, 5) is 26.7. The van der Waals surface area contributed by atoms with E-state index < -0.39 is 17.8 Å². The lowest BCUT2D eigenvalue weighted by Crippen LogP contribution is -2.34. The van der Waals surface area contributed by atoms with E-state index in [1.54, 1.807) is 41.3 Å². The number of amides is 3. The first-order valence-electron chi connectivity index (χ1n) is 9.24. The molecule has 3 amide bonds. The first-order valence-corrected chi connectivity index (χ1v) is 10.4.